The average Bonchev–Trinajstić information content (AvgIpc) is 3.23. The van der Waals surface area contributed by atoms with E-state index in [0.29, 0.717) is 5.91 Å². The number of rotatable bonds is 2. The van der Waals surface area contributed by atoms with E-state index in [9.17, 15) is 4.79 Å². The second-order valence-electron chi connectivity index (χ2n) is 7.51. The Labute approximate surface area is 127 Å². The van der Waals surface area contributed by atoms with E-state index < -0.39 is 0 Å². The lowest BCUT2D eigenvalue weighted by Gasteiger charge is -2.43. The van der Waals surface area contributed by atoms with E-state index >= 15 is 0 Å². The average molecular weight is 286 g/mol. The minimum atomic E-state index is -0.247. The van der Waals surface area contributed by atoms with Gasteiger partial charge in [-0.1, -0.05) is 38.1 Å². The van der Waals surface area contributed by atoms with Gasteiger partial charge in [0.2, 0.25) is 5.91 Å². The molecule has 1 heterocycles. The molecule has 1 unspecified atom stereocenters. The highest BCUT2D eigenvalue weighted by Gasteiger charge is 2.54. The molecule has 1 saturated heterocycles. The summed E-state index contributed by atoms with van der Waals surface area (Å²) in [6.45, 7) is 8.03. The van der Waals surface area contributed by atoms with Crippen LogP contribution in [0.5, 0.6) is 0 Å². The summed E-state index contributed by atoms with van der Waals surface area (Å²) in [7, 11) is 0. The first kappa shape index (κ1) is 14.6. The minimum absolute atomic E-state index is 0.00965. The molecule has 2 aliphatic rings. The van der Waals surface area contributed by atoms with Crippen LogP contribution in [0.25, 0.3) is 0 Å². The van der Waals surface area contributed by atoms with Crippen molar-refractivity contribution in [3.8, 4) is 0 Å². The molecule has 0 bridgehead atoms. The zero-order chi connectivity index (χ0) is 15.3. The number of hydrogen-bond donors (Lipinski definition) is 1. The van der Waals surface area contributed by atoms with Crippen LogP contribution in [0, 0.1) is 12.3 Å². The SMILES string of the molecule is Cc1ccccc1C1(C(=O)N2CCC(N)C(C)(C)C2)CC1. The Morgan fingerprint density at radius 2 is 1.95 bits per heavy atom. The second kappa shape index (κ2) is 4.84. The Bertz CT molecular complexity index is 560. The monoisotopic (exact) mass is 286 g/mol. The van der Waals surface area contributed by atoms with E-state index in [4.69, 9.17) is 5.73 Å². The maximum absolute atomic E-state index is 13.1. The van der Waals surface area contributed by atoms with E-state index in [1.807, 2.05) is 12.1 Å². The summed E-state index contributed by atoms with van der Waals surface area (Å²) in [6, 6.07) is 8.52. The lowest BCUT2D eigenvalue weighted by Crippen LogP contribution is -2.55. The highest BCUT2D eigenvalue weighted by Crippen LogP contribution is 2.51. The molecule has 1 aromatic carbocycles. The Kier molecular flexibility index (Phi) is 3.36. The van der Waals surface area contributed by atoms with Crippen LogP contribution in [0.3, 0.4) is 0 Å². The van der Waals surface area contributed by atoms with E-state index in [2.05, 4.69) is 37.8 Å². The standard InChI is InChI=1S/C18H26N2O/c1-13-6-4-5-7-14(13)18(9-10-18)16(21)20-11-8-15(19)17(2,3)12-20/h4-7,15H,8-12,19H2,1-3H3. The smallest absolute Gasteiger partial charge is 0.233 e. The second-order valence-corrected chi connectivity index (χ2v) is 7.51. The molecule has 3 nitrogen and oxygen atoms in total. The van der Waals surface area contributed by atoms with Crippen LogP contribution in [-0.4, -0.2) is 29.9 Å². The zero-order valence-electron chi connectivity index (χ0n) is 13.4. The number of carbonyl (C=O) groups is 1. The molecule has 0 spiro atoms. The maximum atomic E-state index is 13.1. The minimum Gasteiger partial charge on any atom is -0.341 e. The van der Waals surface area contributed by atoms with E-state index in [0.717, 1.165) is 32.4 Å². The quantitative estimate of drug-likeness (QED) is 0.908. The van der Waals surface area contributed by atoms with Gasteiger partial charge in [-0.15, -0.1) is 0 Å². The predicted octanol–water partition coefficient (Wildman–Crippen LogP) is 2.61. The molecule has 2 N–H and O–H groups in total. The Balaban J connectivity index is 1.84. The molecule has 2 fully saturated rings. The lowest BCUT2D eigenvalue weighted by molar-refractivity contribution is -0.137. The topological polar surface area (TPSA) is 46.3 Å². The first-order valence-corrected chi connectivity index (χ1v) is 7.98. The fourth-order valence-corrected chi connectivity index (χ4v) is 3.68. The van der Waals surface area contributed by atoms with Crippen molar-refractivity contribution in [3.05, 3.63) is 35.4 Å². The fraction of sp³-hybridized carbons (Fsp3) is 0.611. The molecule has 21 heavy (non-hydrogen) atoms. The molecular weight excluding hydrogens is 260 g/mol. The van der Waals surface area contributed by atoms with Crippen molar-refractivity contribution >= 4 is 5.91 Å². The van der Waals surface area contributed by atoms with Gasteiger partial charge in [0.25, 0.3) is 0 Å². The molecule has 114 valence electrons. The van der Waals surface area contributed by atoms with Gasteiger partial charge in [0.1, 0.15) is 0 Å². The largest absolute Gasteiger partial charge is 0.341 e. The summed E-state index contributed by atoms with van der Waals surface area (Å²) < 4.78 is 0. The van der Waals surface area contributed by atoms with E-state index in [-0.39, 0.29) is 16.9 Å². The predicted molar refractivity (Wildman–Crippen MR) is 85.0 cm³/mol. The summed E-state index contributed by atoms with van der Waals surface area (Å²) in [5.74, 6) is 0.316. The molecule has 1 aromatic rings. The maximum Gasteiger partial charge on any atom is 0.233 e. The number of benzene rings is 1. The number of nitrogens with zero attached hydrogens (tertiary/aromatic N) is 1. The highest BCUT2D eigenvalue weighted by atomic mass is 16.2. The van der Waals surface area contributed by atoms with Gasteiger partial charge in [-0.05, 0) is 42.7 Å². The third-order valence-electron chi connectivity index (χ3n) is 5.42. The van der Waals surface area contributed by atoms with Gasteiger partial charge >= 0.3 is 0 Å². The van der Waals surface area contributed by atoms with Gasteiger partial charge in [0.05, 0.1) is 5.41 Å². The van der Waals surface area contributed by atoms with Crippen LogP contribution in [0.2, 0.25) is 0 Å². The summed E-state index contributed by atoms with van der Waals surface area (Å²) >= 11 is 0. The van der Waals surface area contributed by atoms with Crippen LogP contribution in [0.15, 0.2) is 24.3 Å². The number of amides is 1. The van der Waals surface area contributed by atoms with Crippen molar-refractivity contribution in [2.24, 2.45) is 11.1 Å². The molecule has 3 rings (SSSR count). The molecule has 0 aromatic heterocycles. The van der Waals surface area contributed by atoms with Gasteiger partial charge in [0.15, 0.2) is 0 Å². The first-order chi connectivity index (χ1) is 9.87. The van der Waals surface area contributed by atoms with E-state index in [1.165, 1.54) is 11.1 Å². The van der Waals surface area contributed by atoms with Crippen LogP contribution >= 0.6 is 0 Å². The van der Waals surface area contributed by atoms with Crippen LogP contribution in [0.1, 0.15) is 44.2 Å². The summed E-state index contributed by atoms with van der Waals surface area (Å²) in [6.07, 6.45) is 2.88. The van der Waals surface area contributed by atoms with Crippen LogP contribution in [0.4, 0.5) is 0 Å². The third kappa shape index (κ3) is 2.38. The molecule has 1 atom stereocenters. The summed E-state index contributed by atoms with van der Waals surface area (Å²) in [5.41, 5.74) is 8.42. The van der Waals surface area contributed by atoms with Crippen molar-refractivity contribution in [1.82, 2.24) is 4.90 Å². The molecule has 1 aliphatic heterocycles. The van der Waals surface area contributed by atoms with E-state index in [1.54, 1.807) is 0 Å². The number of nitrogens with two attached hydrogens (primary N) is 1. The van der Waals surface area contributed by atoms with Crippen molar-refractivity contribution in [1.29, 1.82) is 0 Å². The molecule has 1 amide bonds. The number of aryl methyl sites for hydroxylation is 1. The number of carbonyl (C=O) groups excluding carboxylic acids is 1. The third-order valence-corrected chi connectivity index (χ3v) is 5.42. The fourth-order valence-electron chi connectivity index (χ4n) is 3.68. The Hall–Kier alpha value is -1.35. The summed E-state index contributed by atoms with van der Waals surface area (Å²) in [4.78, 5) is 15.2. The van der Waals surface area contributed by atoms with Gasteiger partial charge in [-0.2, -0.15) is 0 Å². The Morgan fingerprint density at radius 1 is 1.29 bits per heavy atom. The number of hydrogen-bond acceptors (Lipinski definition) is 2. The Morgan fingerprint density at radius 3 is 2.52 bits per heavy atom. The number of piperidine rings is 1. The molecule has 0 radical (unpaired) electrons. The van der Waals surface area contributed by atoms with Crippen molar-refractivity contribution in [2.75, 3.05) is 13.1 Å². The molecular formula is C18H26N2O. The van der Waals surface area contributed by atoms with Crippen LogP contribution < -0.4 is 5.73 Å². The van der Waals surface area contributed by atoms with Crippen molar-refractivity contribution < 1.29 is 4.79 Å². The van der Waals surface area contributed by atoms with Crippen molar-refractivity contribution in [2.45, 2.75) is 51.5 Å². The molecule has 1 aliphatic carbocycles. The first-order valence-electron chi connectivity index (χ1n) is 7.98. The number of likely N-dealkylation sites (tertiary alicyclic amines) is 1. The van der Waals surface area contributed by atoms with Gasteiger partial charge < -0.3 is 10.6 Å². The van der Waals surface area contributed by atoms with Crippen LogP contribution in [-0.2, 0) is 10.2 Å². The zero-order valence-corrected chi connectivity index (χ0v) is 13.4. The van der Waals surface area contributed by atoms with Crippen molar-refractivity contribution in [3.63, 3.8) is 0 Å². The van der Waals surface area contributed by atoms with Gasteiger partial charge in [-0.25, -0.2) is 0 Å². The lowest BCUT2D eigenvalue weighted by atomic mass is 9.79. The molecule has 3 heteroatoms. The normalized spacial score (nSPS) is 26.5. The van der Waals surface area contributed by atoms with Gasteiger partial charge in [0, 0.05) is 19.1 Å². The van der Waals surface area contributed by atoms with Gasteiger partial charge in [-0.3, -0.25) is 4.79 Å². The summed E-state index contributed by atoms with van der Waals surface area (Å²) in [5, 5.41) is 0. The highest BCUT2D eigenvalue weighted by molar-refractivity contribution is 5.91. The molecule has 1 saturated carbocycles.